The van der Waals surface area contributed by atoms with Crippen LogP contribution >= 0.6 is 11.6 Å². The minimum Gasteiger partial charge on any atom is -0.450 e. The largest absolute Gasteiger partial charge is 0.503 e. The molecule has 7 nitrogen and oxygen atoms in total. The average molecular weight is 494 g/mol. The summed E-state index contributed by atoms with van der Waals surface area (Å²) in [4.78, 5) is 26.3. The lowest BCUT2D eigenvalue weighted by Gasteiger charge is -2.22. The molecule has 0 saturated heterocycles. The molecule has 0 radical (unpaired) electrons. The third-order valence-corrected chi connectivity index (χ3v) is 6.58. The Morgan fingerprint density at radius 2 is 1.71 bits per heavy atom. The fourth-order valence-corrected chi connectivity index (χ4v) is 4.96. The lowest BCUT2D eigenvalue weighted by Crippen LogP contribution is -2.30. The molecular formula is C27H28ClN3O4. The van der Waals surface area contributed by atoms with Gasteiger partial charge in [0.1, 0.15) is 0 Å². The van der Waals surface area contributed by atoms with E-state index in [0.29, 0.717) is 23.0 Å². The van der Waals surface area contributed by atoms with Gasteiger partial charge in [-0.25, -0.2) is 4.79 Å². The highest BCUT2D eigenvalue weighted by atomic mass is 35.5. The molecule has 2 aromatic carbocycles. The summed E-state index contributed by atoms with van der Waals surface area (Å²) in [5.74, 6) is 0.533. The lowest BCUT2D eigenvalue weighted by atomic mass is 9.89. The maximum Gasteiger partial charge on any atom is 0.503 e. The molecule has 1 aliphatic rings. The van der Waals surface area contributed by atoms with Crippen molar-refractivity contribution in [2.75, 3.05) is 6.54 Å². The molecule has 1 saturated carbocycles. The van der Waals surface area contributed by atoms with E-state index in [0.717, 1.165) is 33.9 Å². The Kier molecular flexibility index (Phi) is 7.87. The van der Waals surface area contributed by atoms with Crippen molar-refractivity contribution in [3.8, 4) is 0 Å². The highest BCUT2D eigenvalue weighted by Crippen LogP contribution is 2.27. The number of nitrogens with one attached hydrogen (secondary N) is 1. The smallest absolute Gasteiger partial charge is 0.450 e. The van der Waals surface area contributed by atoms with Crippen molar-refractivity contribution < 1.29 is 19.8 Å². The van der Waals surface area contributed by atoms with Crippen LogP contribution in [0.2, 0.25) is 5.02 Å². The number of hydrogen-bond donors (Lipinski definition) is 3. The van der Waals surface area contributed by atoms with Crippen molar-refractivity contribution in [1.82, 2.24) is 14.9 Å². The Labute approximate surface area is 208 Å². The van der Waals surface area contributed by atoms with E-state index in [1.807, 2.05) is 36.7 Å². The molecule has 1 amide bonds. The summed E-state index contributed by atoms with van der Waals surface area (Å²) >= 11 is 6.35. The number of hydrogen-bond acceptors (Lipinski definition) is 3. The third kappa shape index (κ3) is 6.31. The Balaban J connectivity index is 0.000000672. The van der Waals surface area contributed by atoms with Crippen LogP contribution in [0, 0.1) is 5.92 Å². The maximum atomic E-state index is 13.1. The van der Waals surface area contributed by atoms with Crippen molar-refractivity contribution >= 4 is 45.3 Å². The molecule has 2 heterocycles. The number of pyridine rings is 1. The highest BCUT2D eigenvalue weighted by molar-refractivity contribution is 6.32. The number of halogens is 1. The second kappa shape index (κ2) is 11.2. The zero-order chi connectivity index (χ0) is 24.8. The fourth-order valence-electron chi connectivity index (χ4n) is 4.73. The fraction of sp³-hybridized carbons (Fsp3) is 0.296. The predicted molar refractivity (Wildman–Crippen MR) is 137 cm³/mol. The van der Waals surface area contributed by atoms with E-state index < -0.39 is 6.16 Å². The first-order valence-electron chi connectivity index (χ1n) is 11.7. The minimum atomic E-state index is -1.83. The summed E-state index contributed by atoms with van der Waals surface area (Å²) in [6.45, 7) is 1.33. The van der Waals surface area contributed by atoms with Crippen molar-refractivity contribution in [1.29, 1.82) is 0 Å². The quantitative estimate of drug-likeness (QED) is 0.297. The molecular weight excluding hydrogens is 466 g/mol. The molecule has 3 N–H and O–H groups in total. The van der Waals surface area contributed by atoms with Gasteiger partial charge < -0.3 is 20.1 Å². The van der Waals surface area contributed by atoms with Gasteiger partial charge in [-0.05, 0) is 48.4 Å². The van der Waals surface area contributed by atoms with Gasteiger partial charge in [-0.1, -0.05) is 55.1 Å². The summed E-state index contributed by atoms with van der Waals surface area (Å²) in [6.07, 6.45) is 8.34. The van der Waals surface area contributed by atoms with Crippen molar-refractivity contribution in [3.05, 3.63) is 77.2 Å². The molecule has 182 valence electrons. The second-order valence-corrected chi connectivity index (χ2v) is 9.29. The summed E-state index contributed by atoms with van der Waals surface area (Å²) < 4.78 is 2.10. The summed E-state index contributed by atoms with van der Waals surface area (Å²) in [7, 11) is 0. The lowest BCUT2D eigenvalue weighted by molar-refractivity contribution is 0.0944. The topological polar surface area (TPSA) is 104 Å². The zero-order valence-corrected chi connectivity index (χ0v) is 20.0. The number of fused-ring (bicyclic) bond motifs is 2. The normalized spacial score (nSPS) is 13.9. The standard InChI is InChI=1S/C26H26ClN3O.CH2O3/c27-22-12-20-10-11-30(17-23-13-19-8-4-5-9-21(19)16-28-23)25(20)24(14-22)26(31)29-15-18-6-2-1-3-7-18;2-1(3)4/h4-5,8-14,16,18H,1-3,6-7,15,17H2,(H,29,31);(H2,2,3,4). The van der Waals surface area contributed by atoms with Crippen LogP contribution in [0.4, 0.5) is 4.79 Å². The number of rotatable bonds is 5. The summed E-state index contributed by atoms with van der Waals surface area (Å²) in [6, 6.07) is 16.0. The number of benzene rings is 2. The van der Waals surface area contributed by atoms with E-state index in [-0.39, 0.29) is 5.91 Å². The van der Waals surface area contributed by atoms with Crippen LogP contribution in [0.1, 0.15) is 48.2 Å². The van der Waals surface area contributed by atoms with Gasteiger partial charge in [0.2, 0.25) is 0 Å². The van der Waals surface area contributed by atoms with Crippen LogP contribution in [-0.4, -0.2) is 38.4 Å². The van der Waals surface area contributed by atoms with Crippen LogP contribution in [-0.2, 0) is 6.54 Å². The molecule has 8 heteroatoms. The summed E-state index contributed by atoms with van der Waals surface area (Å²) in [5.41, 5.74) is 2.49. The number of carbonyl (C=O) groups is 2. The van der Waals surface area contributed by atoms with Crippen molar-refractivity contribution in [2.45, 2.75) is 38.6 Å². The van der Waals surface area contributed by atoms with Gasteiger partial charge in [0.15, 0.2) is 0 Å². The monoisotopic (exact) mass is 493 g/mol. The molecule has 1 fully saturated rings. The molecule has 0 unspecified atom stereocenters. The van der Waals surface area contributed by atoms with Gasteiger partial charge in [-0.2, -0.15) is 0 Å². The van der Waals surface area contributed by atoms with Gasteiger partial charge in [0, 0.05) is 34.7 Å². The van der Waals surface area contributed by atoms with Gasteiger partial charge in [-0.3, -0.25) is 9.78 Å². The first-order chi connectivity index (χ1) is 16.9. The number of aromatic nitrogens is 2. The Morgan fingerprint density at radius 3 is 2.46 bits per heavy atom. The van der Waals surface area contributed by atoms with E-state index in [2.05, 4.69) is 33.1 Å². The molecule has 0 spiro atoms. The SMILES string of the molecule is O=C(NCC1CCCCC1)c1cc(Cl)cc2ccn(Cc3cc4ccccc4cn3)c12.O=C(O)O. The Hall–Kier alpha value is -3.58. The van der Waals surface area contributed by atoms with Crippen molar-refractivity contribution in [2.24, 2.45) is 5.92 Å². The third-order valence-electron chi connectivity index (χ3n) is 6.37. The molecule has 4 aromatic rings. The number of carbonyl (C=O) groups excluding carboxylic acids is 1. The number of carboxylic acid groups (broad SMARTS) is 2. The molecule has 5 rings (SSSR count). The second-order valence-electron chi connectivity index (χ2n) is 8.85. The van der Waals surface area contributed by atoms with Gasteiger partial charge in [0.25, 0.3) is 5.91 Å². The van der Waals surface area contributed by atoms with Gasteiger partial charge >= 0.3 is 6.16 Å². The first-order valence-corrected chi connectivity index (χ1v) is 12.1. The van der Waals surface area contributed by atoms with Gasteiger partial charge in [-0.15, -0.1) is 0 Å². The van der Waals surface area contributed by atoms with Crippen LogP contribution in [0.25, 0.3) is 21.7 Å². The minimum absolute atomic E-state index is 0.0514. The Bertz CT molecular complexity index is 1340. The maximum absolute atomic E-state index is 13.1. The van der Waals surface area contributed by atoms with E-state index in [4.69, 9.17) is 26.6 Å². The molecule has 1 aliphatic carbocycles. The number of amides is 1. The van der Waals surface area contributed by atoms with Crippen molar-refractivity contribution in [3.63, 3.8) is 0 Å². The van der Waals surface area contributed by atoms with Gasteiger partial charge in [0.05, 0.1) is 23.3 Å². The van der Waals surface area contributed by atoms with E-state index in [1.165, 1.54) is 32.1 Å². The zero-order valence-electron chi connectivity index (χ0n) is 19.3. The van der Waals surface area contributed by atoms with Crippen LogP contribution in [0.15, 0.2) is 60.9 Å². The van der Waals surface area contributed by atoms with Crippen LogP contribution in [0.3, 0.4) is 0 Å². The van der Waals surface area contributed by atoms with Crippen LogP contribution in [0.5, 0.6) is 0 Å². The highest BCUT2D eigenvalue weighted by Gasteiger charge is 2.18. The Morgan fingerprint density at radius 1 is 1.00 bits per heavy atom. The molecule has 0 bridgehead atoms. The van der Waals surface area contributed by atoms with E-state index in [9.17, 15) is 4.79 Å². The molecule has 2 aromatic heterocycles. The predicted octanol–water partition coefficient (Wildman–Crippen LogP) is 6.42. The van der Waals surface area contributed by atoms with Crippen LogP contribution < -0.4 is 5.32 Å². The number of nitrogens with zero attached hydrogens (tertiary/aromatic N) is 2. The summed E-state index contributed by atoms with van der Waals surface area (Å²) in [5, 5.41) is 20.9. The van der Waals surface area contributed by atoms with E-state index >= 15 is 0 Å². The molecule has 0 aliphatic heterocycles. The first kappa shape index (κ1) is 24.5. The molecule has 0 atom stereocenters. The van der Waals surface area contributed by atoms with E-state index in [1.54, 1.807) is 6.07 Å². The molecule has 35 heavy (non-hydrogen) atoms. The average Bonchev–Trinajstić information content (AvgIpc) is 3.24.